The highest BCUT2D eigenvalue weighted by Crippen LogP contribution is 2.48. The fraction of sp³-hybridized carbons (Fsp3) is 0.121. The van der Waals surface area contributed by atoms with Crippen LogP contribution < -0.4 is 10.2 Å². The molecule has 0 saturated heterocycles. The van der Waals surface area contributed by atoms with Crippen molar-refractivity contribution in [2.24, 2.45) is 9.98 Å². The van der Waals surface area contributed by atoms with E-state index in [9.17, 15) is 0 Å². The van der Waals surface area contributed by atoms with E-state index in [2.05, 4.69) is 48.3 Å². The monoisotopic (exact) mass is 576 g/mol. The Hall–Kier alpha value is -4.39. The molecule has 0 spiro atoms. The van der Waals surface area contributed by atoms with Crippen LogP contribution in [0.2, 0.25) is 10.0 Å². The number of hydrogen-bond acceptors (Lipinski definition) is 5. The number of aliphatic imine (C=N–C) groups is 2. The number of anilines is 2. The van der Waals surface area contributed by atoms with Crippen LogP contribution in [0.5, 0.6) is 0 Å². The van der Waals surface area contributed by atoms with E-state index in [-0.39, 0.29) is 6.04 Å². The highest BCUT2D eigenvalue weighted by atomic mass is 35.5. The Labute approximate surface area is 248 Å². The van der Waals surface area contributed by atoms with Crippen molar-refractivity contribution in [3.63, 3.8) is 0 Å². The predicted molar refractivity (Wildman–Crippen MR) is 169 cm³/mol. The Balaban J connectivity index is 1.51. The summed E-state index contributed by atoms with van der Waals surface area (Å²) in [5, 5.41) is 9.62. The SMILES string of the molecule is Cc1ccc(C)c(NC2=Nc3ccccc3N3C2=Nc2c(c(C)nn2-c2ccccc2)[C@@H]3c2ccc(Cl)c(Cl)c2)c1. The van der Waals surface area contributed by atoms with E-state index in [1.165, 1.54) is 0 Å². The van der Waals surface area contributed by atoms with Crippen LogP contribution in [0.4, 0.5) is 22.9 Å². The first-order chi connectivity index (χ1) is 19.9. The van der Waals surface area contributed by atoms with Crippen LogP contribution in [0.25, 0.3) is 5.69 Å². The van der Waals surface area contributed by atoms with Gasteiger partial charge in [-0.2, -0.15) is 5.10 Å². The molecule has 0 fully saturated rings. The van der Waals surface area contributed by atoms with E-state index in [4.69, 9.17) is 38.3 Å². The Kier molecular flexibility index (Phi) is 6.18. The summed E-state index contributed by atoms with van der Waals surface area (Å²) in [4.78, 5) is 12.6. The number of para-hydroxylation sites is 3. The van der Waals surface area contributed by atoms with E-state index in [1.807, 2.05) is 78.3 Å². The van der Waals surface area contributed by atoms with Gasteiger partial charge in [0.05, 0.1) is 38.8 Å². The van der Waals surface area contributed by atoms with Gasteiger partial charge in [-0.05, 0) is 79.9 Å². The molecule has 4 aromatic carbocycles. The molecule has 8 heteroatoms. The van der Waals surface area contributed by atoms with Crippen LogP contribution in [0, 0.1) is 20.8 Å². The molecule has 0 aliphatic carbocycles. The summed E-state index contributed by atoms with van der Waals surface area (Å²) in [5.74, 6) is 2.11. The van der Waals surface area contributed by atoms with Crippen molar-refractivity contribution >= 4 is 57.8 Å². The van der Waals surface area contributed by atoms with Gasteiger partial charge < -0.3 is 10.2 Å². The lowest BCUT2D eigenvalue weighted by atomic mass is 9.93. The average molecular weight is 578 g/mol. The van der Waals surface area contributed by atoms with Gasteiger partial charge in [-0.15, -0.1) is 0 Å². The van der Waals surface area contributed by atoms with Gasteiger partial charge in [-0.3, -0.25) is 0 Å². The summed E-state index contributed by atoms with van der Waals surface area (Å²) in [6.45, 7) is 6.20. The molecular weight excluding hydrogens is 551 g/mol. The first-order valence-electron chi connectivity index (χ1n) is 13.4. The van der Waals surface area contributed by atoms with Gasteiger partial charge >= 0.3 is 0 Å². The predicted octanol–water partition coefficient (Wildman–Crippen LogP) is 8.90. The number of nitrogens with zero attached hydrogens (tertiary/aromatic N) is 5. The maximum absolute atomic E-state index is 6.61. The van der Waals surface area contributed by atoms with Crippen molar-refractivity contribution in [1.29, 1.82) is 0 Å². The van der Waals surface area contributed by atoms with Crippen molar-refractivity contribution in [1.82, 2.24) is 9.78 Å². The second-order valence-electron chi connectivity index (χ2n) is 10.3. The third-order valence-electron chi connectivity index (χ3n) is 7.54. The van der Waals surface area contributed by atoms with E-state index < -0.39 is 0 Å². The molecule has 2 aliphatic rings. The van der Waals surface area contributed by atoms with Gasteiger partial charge in [-0.1, -0.05) is 71.7 Å². The Morgan fingerprint density at radius 2 is 1.56 bits per heavy atom. The molecule has 0 radical (unpaired) electrons. The maximum Gasteiger partial charge on any atom is 0.179 e. The molecule has 0 amide bonds. The number of benzene rings is 4. The zero-order chi connectivity index (χ0) is 28.2. The van der Waals surface area contributed by atoms with Gasteiger partial charge in [0, 0.05) is 11.3 Å². The van der Waals surface area contributed by atoms with Crippen molar-refractivity contribution in [3.05, 3.63) is 129 Å². The molecule has 0 unspecified atom stereocenters. The summed E-state index contributed by atoms with van der Waals surface area (Å²) in [6.07, 6.45) is 0. The second kappa shape index (κ2) is 9.91. The van der Waals surface area contributed by atoms with Gasteiger partial charge in [0.2, 0.25) is 0 Å². The summed E-state index contributed by atoms with van der Waals surface area (Å²) in [6, 6.07) is 30.1. The Morgan fingerprint density at radius 3 is 2.37 bits per heavy atom. The van der Waals surface area contributed by atoms with E-state index in [1.54, 1.807) is 0 Å². The van der Waals surface area contributed by atoms with Crippen molar-refractivity contribution in [2.75, 3.05) is 10.2 Å². The molecule has 1 atom stereocenters. The van der Waals surface area contributed by atoms with Gasteiger partial charge in [-0.25, -0.2) is 14.7 Å². The fourth-order valence-electron chi connectivity index (χ4n) is 5.54. The summed E-state index contributed by atoms with van der Waals surface area (Å²) in [5.41, 5.74) is 8.84. The standard InChI is InChI=1S/C33H26Cl2N6/c1-19-13-14-20(2)27(17-19)37-31-33-38-32-29(21(3)39-41(32)23-9-5-4-6-10-23)30(22-15-16-24(34)25(35)18-22)40(33)28-12-8-7-11-26(28)36-31/h4-18,30H,1-3H3,(H,36,37)/t30-/m0/s1. The average Bonchev–Trinajstić information content (AvgIpc) is 3.32. The molecule has 1 aromatic heterocycles. The van der Waals surface area contributed by atoms with Crippen LogP contribution in [0.15, 0.2) is 101 Å². The van der Waals surface area contributed by atoms with Crippen LogP contribution >= 0.6 is 23.2 Å². The number of fused-ring (bicyclic) bond motifs is 4. The highest BCUT2D eigenvalue weighted by Gasteiger charge is 2.41. The molecule has 202 valence electrons. The topological polar surface area (TPSA) is 57.8 Å². The smallest absolute Gasteiger partial charge is 0.179 e. The highest BCUT2D eigenvalue weighted by molar-refractivity contribution is 6.51. The number of halogens is 2. The molecule has 7 rings (SSSR count). The van der Waals surface area contributed by atoms with E-state index in [0.29, 0.717) is 21.7 Å². The van der Waals surface area contributed by atoms with Gasteiger partial charge in [0.25, 0.3) is 0 Å². The first-order valence-corrected chi connectivity index (χ1v) is 14.1. The minimum atomic E-state index is -0.281. The minimum absolute atomic E-state index is 0.281. The molecule has 5 aromatic rings. The number of amidine groups is 2. The third-order valence-corrected chi connectivity index (χ3v) is 8.28. The van der Waals surface area contributed by atoms with Crippen LogP contribution in [0.1, 0.15) is 34.0 Å². The molecule has 0 saturated carbocycles. The number of hydrogen-bond donors (Lipinski definition) is 1. The normalized spacial score (nSPS) is 15.4. The largest absolute Gasteiger partial charge is 0.337 e. The van der Waals surface area contributed by atoms with Crippen molar-refractivity contribution < 1.29 is 0 Å². The zero-order valence-corrected chi connectivity index (χ0v) is 24.2. The van der Waals surface area contributed by atoms with E-state index in [0.717, 1.165) is 56.5 Å². The van der Waals surface area contributed by atoms with Gasteiger partial charge in [0.15, 0.2) is 17.5 Å². The molecule has 1 N–H and O–H groups in total. The zero-order valence-electron chi connectivity index (χ0n) is 22.7. The minimum Gasteiger partial charge on any atom is -0.337 e. The third kappa shape index (κ3) is 4.31. The van der Waals surface area contributed by atoms with Gasteiger partial charge in [0.1, 0.15) is 0 Å². The quantitative estimate of drug-likeness (QED) is 0.233. The molecule has 6 nitrogen and oxygen atoms in total. The fourth-order valence-corrected chi connectivity index (χ4v) is 5.85. The molecule has 3 heterocycles. The lowest BCUT2D eigenvalue weighted by Gasteiger charge is -2.40. The number of rotatable bonds is 3. The Bertz CT molecular complexity index is 1890. The summed E-state index contributed by atoms with van der Waals surface area (Å²) in [7, 11) is 0. The number of nitrogens with one attached hydrogen (secondary N) is 1. The summed E-state index contributed by atoms with van der Waals surface area (Å²) >= 11 is 13.0. The second-order valence-corrected chi connectivity index (χ2v) is 11.2. The van der Waals surface area contributed by atoms with Crippen LogP contribution in [-0.4, -0.2) is 21.5 Å². The maximum atomic E-state index is 6.61. The lowest BCUT2D eigenvalue weighted by molar-refractivity contribution is 0.815. The molecule has 41 heavy (non-hydrogen) atoms. The Morgan fingerprint density at radius 1 is 0.780 bits per heavy atom. The molecule has 0 bridgehead atoms. The van der Waals surface area contributed by atoms with Crippen LogP contribution in [0.3, 0.4) is 0 Å². The van der Waals surface area contributed by atoms with Crippen molar-refractivity contribution in [3.8, 4) is 5.69 Å². The molecule has 2 aliphatic heterocycles. The summed E-state index contributed by atoms with van der Waals surface area (Å²) < 4.78 is 1.91. The first kappa shape index (κ1) is 25.6. The lowest BCUT2D eigenvalue weighted by Crippen LogP contribution is -2.46. The van der Waals surface area contributed by atoms with E-state index >= 15 is 0 Å². The molecular formula is C33H26Cl2N6. The van der Waals surface area contributed by atoms with Crippen LogP contribution in [-0.2, 0) is 0 Å². The van der Waals surface area contributed by atoms with Crippen molar-refractivity contribution in [2.45, 2.75) is 26.8 Å². The number of aryl methyl sites for hydroxylation is 3. The number of aromatic nitrogens is 2.